The Labute approximate surface area is 545 Å². The highest BCUT2D eigenvalue weighted by atomic mass is 32.2. The number of nitrogens with zero attached hydrogens (tertiary/aromatic N) is 4. The fraction of sp³-hybridized carbons (Fsp3) is 0.477. The van der Waals surface area contributed by atoms with Gasteiger partial charge in [-0.15, -0.1) is 0 Å². The summed E-state index contributed by atoms with van der Waals surface area (Å²) in [6.45, 7) is 10.1. The third-order valence-corrected chi connectivity index (χ3v) is 15.4. The van der Waals surface area contributed by atoms with Crippen molar-refractivity contribution in [2.75, 3.05) is 183 Å². The van der Waals surface area contributed by atoms with Crippen molar-refractivity contribution in [2.45, 2.75) is 24.7 Å². The minimum Gasteiger partial charge on any atom is -0.420 e. The Hall–Kier alpha value is -7.59. The fourth-order valence-electron chi connectivity index (χ4n) is 8.73. The van der Waals surface area contributed by atoms with E-state index >= 15 is 0 Å². The molecule has 2 aliphatic heterocycles. The van der Waals surface area contributed by atoms with Crippen LogP contribution in [-0.4, -0.2) is 219 Å². The van der Waals surface area contributed by atoms with Crippen LogP contribution >= 0.6 is 0 Å². The van der Waals surface area contributed by atoms with E-state index in [2.05, 4.69) is 43.6 Å². The molecule has 29 heteroatoms. The van der Waals surface area contributed by atoms with Crippen molar-refractivity contribution in [3.63, 3.8) is 0 Å². The van der Waals surface area contributed by atoms with Crippen molar-refractivity contribution < 1.29 is 92.8 Å². The monoisotopic (exact) mass is 1340 g/mol. The van der Waals surface area contributed by atoms with Gasteiger partial charge in [0, 0.05) is 56.0 Å². The Kier molecular flexibility index (Phi) is 34.3. The number of hydrogen-bond donors (Lipinski definition) is 5. The van der Waals surface area contributed by atoms with E-state index in [1.54, 1.807) is 59.5 Å². The first-order valence-corrected chi connectivity index (χ1v) is 32.1. The van der Waals surface area contributed by atoms with Gasteiger partial charge in [0.1, 0.15) is 5.82 Å². The molecule has 0 aliphatic carbocycles. The topological polar surface area (TPSA) is 295 Å². The average Bonchev–Trinajstić information content (AvgIpc) is 0.846. The quantitative estimate of drug-likeness (QED) is 0.00550. The van der Waals surface area contributed by atoms with Crippen molar-refractivity contribution in [3.8, 4) is 34.8 Å². The van der Waals surface area contributed by atoms with E-state index in [1.807, 2.05) is 31.2 Å². The number of amides is 1. The molecular weight excluding hydrogens is 1260 g/mol. The number of carbonyl (C=O) groups is 2. The van der Waals surface area contributed by atoms with E-state index in [0.29, 0.717) is 165 Å². The number of carbonyl (C=O) groups excluding carboxylic acids is 2. The van der Waals surface area contributed by atoms with Crippen LogP contribution in [0.2, 0.25) is 0 Å². The van der Waals surface area contributed by atoms with Crippen LogP contribution in [0.25, 0.3) is 17.2 Å². The minimum absolute atomic E-state index is 0.0117. The summed E-state index contributed by atoms with van der Waals surface area (Å²) in [5.74, 6) is -3.02. The third kappa shape index (κ3) is 26.7. The molecule has 94 heavy (non-hydrogen) atoms. The van der Waals surface area contributed by atoms with Gasteiger partial charge in [-0.3, -0.25) is 9.59 Å². The van der Waals surface area contributed by atoms with Crippen LogP contribution in [0, 0.1) is 52.4 Å². The molecule has 24 nitrogen and oxygen atoms in total. The van der Waals surface area contributed by atoms with Crippen molar-refractivity contribution in [1.82, 2.24) is 19.8 Å². The maximum Gasteiger partial charge on any atom is 0.313 e. The molecule has 1 amide bonds. The van der Waals surface area contributed by atoms with Gasteiger partial charge in [-0.2, -0.15) is 18.3 Å². The van der Waals surface area contributed by atoms with Crippen LogP contribution in [0.3, 0.4) is 0 Å². The average molecular weight is 1340 g/mol. The highest BCUT2D eigenvalue weighted by Crippen LogP contribution is 2.33. The molecule has 2 heterocycles. The highest BCUT2D eigenvalue weighted by molar-refractivity contribution is 7.89. The Morgan fingerprint density at radius 2 is 1.23 bits per heavy atom. The molecule has 512 valence electrons. The predicted octanol–water partition coefficient (Wildman–Crippen LogP) is 5.27. The highest BCUT2D eigenvalue weighted by Gasteiger charge is 2.36. The zero-order chi connectivity index (χ0) is 67.2. The number of benzene rings is 4. The zero-order valence-electron chi connectivity index (χ0n) is 52.5. The second-order valence-corrected chi connectivity index (χ2v) is 22.6. The number of aliphatic hydroxyl groups excluding tert-OH is 1. The molecule has 1 fully saturated rings. The number of aliphatic imine (C=N–C) groups is 1. The first kappa shape index (κ1) is 75.4. The van der Waals surface area contributed by atoms with Gasteiger partial charge < -0.3 is 83.8 Å². The normalized spacial score (nSPS) is 13.3. The number of guanidine groups is 1. The molecule has 2 aliphatic rings. The van der Waals surface area contributed by atoms with E-state index < -0.39 is 51.4 Å². The summed E-state index contributed by atoms with van der Waals surface area (Å²) in [7, 11) is -3.72. The number of esters is 1. The van der Waals surface area contributed by atoms with Gasteiger partial charge in [0.25, 0.3) is 5.91 Å². The third-order valence-electron chi connectivity index (χ3n) is 13.5. The fourth-order valence-corrected chi connectivity index (χ4v) is 10.4. The summed E-state index contributed by atoms with van der Waals surface area (Å²) in [6, 6.07) is 21.3. The lowest BCUT2D eigenvalue weighted by molar-refractivity contribution is -0.136. The summed E-state index contributed by atoms with van der Waals surface area (Å²) in [6.07, 6.45) is 3.63. The number of nitrogens with one attached hydrogen (secondary N) is 3. The first-order chi connectivity index (χ1) is 45.7. The Bertz CT molecular complexity index is 3320. The van der Waals surface area contributed by atoms with E-state index in [0.717, 1.165) is 5.56 Å². The summed E-state index contributed by atoms with van der Waals surface area (Å²) in [5, 5.41) is 28.5. The summed E-state index contributed by atoms with van der Waals surface area (Å²) in [5.41, 5.74) is 10.6. The van der Waals surface area contributed by atoms with E-state index in [-0.39, 0.29) is 87.8 Å². The SMILES string of the molecule is CCCN(CC#CCNC(=Nc1cccc(C#N)c1)NCCOCCOCCOCCOCCOCCOCCOCCOCCOCCOCCC(=O)Oc1c(F)c(F)cc(F)c1F)C(=O)C1=Cc2ccc(-c3cccc(S(=O)(=O)N4CC(CO)C4)c3)cc2NC(N)=C1. The van der Waals surface area contributed by atoms with Gasteiger partial charge in [0.15, 0.2) is 17.6 Å². The standard InChI is InChI=1S/C65H82F4N8O16S/c1-2-16-76(64(80)53-39-52-12-11-51(41-58(52)75-59(71)42-53)50-8-6-10-55(40-50)94(81,82)77-45-49(46-77)47-78)17-4-3-14-72-65(74-54-9-5-7-48(38-54)44-70)73-15-19-84-21-23-86-25-27-88-29-31-90-33-35-92-37-36-91-34-32-89-30-28-87-26-24-85-22-20-83-18-13-60(79)93-63-61(68)56(66)43-57(67)62(63)69/h5-12,38-43,49,75,78H,2,13-37,45-47,71H2,1H3,(H2,72,73,74). The number of nitrogens with two attached hydrogens (primary N) is 1. The number of halogens is 4. The first-order valence-electron chi connectivity index (χ1n) is 30.6. The summed E-state index contributed by atoms with van der Waals surface area (Å²) < 4.78 is 141. The maximum atomic E-state index is 14.1. The molecule has 0 aromatic heterocycles. The lowest BCUT2D eigenvalue weighted by atomic mass is 10.0. The van der Waals surface area contributed by atoms with Crippen molar-refractivity contribution >= 4 is 45.3 Å². The van der Waals surface area contributed by atoms with Gasteiger partial charge in [-0.05, 0) is 71.7 Å². The Balaban J connectivity index is 0.747. The molecule has 0 unspecified atom stereocenters. The number of anilines is 1. The predicted molar refractivity (Wildman–Crippen MR) is 339 cm³/mol. The summed E-state index contributed by atoms with van der Waals surface area (Å²) in [4.78, 5) is 32.3. The van der Waals surface area contributed by atoms with Crippen molar-refractivity contribution in [2.24, 2.45) is 16.6 Å². The van der Waals surface area contributed by atoms with Crippen LogP contribution in [0.4, 0.5) is 28.9 Å². The molecule has 1 saturated heterocycles. The van der Waals surface area contributed by atoms with Gasteiger partial charge in [-0.1, -0.05) is 49.1 Å². The molecular formula is C65H82F4N8O16S. The molecule has 6 rings (SSSR count). The van der Waals surface area contributed by atoms with Gasteiger partial charge >= 0.3 is 5.97 Å². The number of sulfonamides is 1. The number of ether oxygens (including phenoxy) is 11. The molecule has 0 atom stereocenters. The second-order valence-electron chi connectivity index (χ2n) is 20.7. The van der Waals surface area contributed by atoms with Crippen LogP contribution in [-0.2, 0) is 67.0 Å². The van der Waals surface area contributed by atoms with Gasteiger partial charge in [0.05, 0.1) is 174 Å². The van der Waals surface area contributed by atoms with Crippen LogP contribution in [0.1, 0.15) is 30.9 Å². The van der Waals surface area contributed by atoms with Crippen molar-refractivity contribution in [3.05, 3.63) is 125 Å². The largest absolute Gasteiger partial charge is 0.420 e. The Morgan fingerprint density at radius 1 is 0.691 bits per heavy atom. The second kappa shape index (κ2) is 42.7. The maximum absolute atomic E-state index is 14.1. The molecule has 0 bridgehead atoms. The van der Waals surface area contributed by atoms with E-state index in [1.165, 1.54) is 4.31 Å². The lowest BCUT2D eigenvalue weighted by Gasteiger charge is -2.36. The lowest BCUT2D eigenvalue weighted by Crippen LogP contribution is -2.51. The molecule has 0 radical (unpaired) electrons. The van der Waals surface area contributed by atoms with Crippen molar-refractivity contribution in [1.29, 1.82) is 5.26 Å². The van der Waals surface area contributed by atoms with Gasteiger partial charge in [0.2, 0.25) is 27.4 Å². The molecule has 0 spiro atoms. The van der Waals surface area contributed by atoms with Crippen LogP contribution in [0.5, 0.6) is 5.75 Å². The minimum atomic E-state index is -3.72. The molecule has 6 N–H and O–H groups in total. The number of nitriles is 1. The van der Waals surface area contributed by atoms with Gasteiger partial charge in [-0.25, -0.2) is 22.2 Å². The van der Waals surface area contributed by atoms with E-state index in [9.17, 15) is 45.9 Å². The number of hydrogen-bond acceptors (Lipinski definition) is 20. The summed E-state index contributed by atoms with van der Waals surface area (Å²) >= 11 is 0. The smallest absolute Gasteiger partial charge is 0.313 e. The zero-order valence-corrected chi connectivity index (χ0v) is 53.3. The van der Waals surface area contributed by atoms with Crippen LogP contribution in [0.15, 0.2) is 100 Å². The number of aliphatic hydroxyl groups is 1. The Morgan fingerprint density at radius 3 is 1.79 bits per heavy atom. The number of fused-ring (bicyclic) bond motifs is 1. The molecule has 0 saturated carbocycles. The molecule has 4 aromatic carbocycles. The number of rotatable bonds is 44. The van der Waals surface area contributed by atoms with Crippen LogP contribution < -0.4 is 26.4 Å². The molecule has 4 aromatic rings. The van der Waals surface area contributed by atoms with E-state index in [4.69, 9.17) is 53.1 Å².